The van der Waals surface area contributed by atoms with E-state index in [2.05, 4.69) is 15.9 Å². The van der Waals surface area contributed by atoms with Crippen LogP contribution in [0.15, 0.2) is 28.7 Å². The summed E-state index contributed by atoms with van der Waals surface area (Å²) >= 11 is 3.49. The molecule has 0 unspecified atom stereocenters. The summed E-state index contributed by atoms with van der Waals surface area (Å²) in [6.07, 6.45) is -0.195. The molecule has 1 aromatic rings. The average Bonchev–Trinajstić information content (AvgIpc) is 2.58. The second-order valence-corrected chi connectivity index (χ2v) is 6.01. The third-order valence-corrected chi connectivity index (χ3v) is 3.88. The van der Waals surface area contributed by atoms with Gasteiger partial charge < -0.3 is 28.4 Å². The third-order valence-electron chi connectivity index (χ3n) is 3.23. The Morgan fingerprint density at radius 2 is 1.17 bits per heavy atom. The highest BCUT2D eigenvalue weighted by Crippen LogP contribution is 2.25. The molecular formula is C17H25BrO6. The van der Waals surface area contributed by atoms with Crippen LogP contribution in [0.25, 0.3) is 0 Å². The lowest BCUT2D eigenvalue weighted by molar-refractivity contribution is -0.0490. The molecule has 0 radical (unpaired) electrons. The smallest absolute Gasteiger partial charge is 0.145 e. The summed E-state index contributed by atoms with van der Waals surface area (Å²) in [5, 5.41) is 0. The van der Waals surface area contributed by atoms with Crippen LogP contribution in [-0.4, -0.2) is 72.2 Å². The van der Waals surface area contributed by atoms with E-state index < -0.39 is 0 Å². The Balaban J connectivity index is 1.81. The minimum absolute atomic E-state index is 0.195. The molecule has 0 aromatic heterocycles. The van der Waals surface area contributed by atoms with Gasteiger partial charge in [0.2, 0.25) is 0 Å². The van der Waals surface area contributed by atoms with Crippen molar-refractivity contribution in [2.75, 3.05) is 66.1 Å². The van der Waals surface area contributed by atoms with Crippen molar-refractivity contribution in [2.24, 2.45) is 0 Å². The number of hydrogen-bond acceptors (Lipinski definition) is 6. The fraction of sp³-hybridized carbons (Fsp3) is 0.647. The summed E-state index contributed by atoms with van der Waals surface area (Å²) in [5.41, 5.74) is 0. The predicted octanol–water partition coefficient (Wildman–Crippen LogP) is 2.29. The molecule has 1 aliphatic rings. The normalized spacial score (nSPS) is 20.5. The lowest BCUT2D eigenvalue weighted by Crippen LogP contribution is -2.30. The van der Waals surface area contributed by atoms with Gasteiger partial charge in [-0.05, 0) is 28.1 Å². The van der Waals surface area contributed by atoms with Crippen LogP contribution in [0.1, 0.15) is 0 Å². The molecule has 136 valence electrons. The van der Waals surface area contributed by atoms with Gasteiger partial charge in [-0.2, -0.15) is 0 Å². The highest BCUT2D eigenvalue weighted by molar-refractivity contribution is 9.10. The van der Waals surface area contributed by atoms with Crippen molar-refractivity contribution in [3.05, 3.63) is 28.7 Å². The SMILES string of the molecule is Brc1ccccc1OC1COCCOCCOCCOCCOC1. The largest absolute Gasteiger partial charge is 0.484 e. The van der Waals surface area contributed by atoms with Crippen LogP contribution in [0.2, 0.25) is 0 Å². The number of para-hydroxylation sites is 1. The Hall–Kier alpha value is -0.700. The second-order valence-electron chi connectivity index (χ2n) is 5.16. The van der Waals surface area contributed by atoms with Crippen molar-refractivity contribution < 1.29 is 28.4 Å². The van der Waals surface area contributed by atoms with E-state index in [1.54, 1.807) is 0 Å². The van der Waals surface area contributed by atoms with Gasteiger partial charge in [0, 0.05) is 0 Å². The van der Waals surface area contributed by atoms with Crippen molar-refractivity contribution >= 4 is 15.9 Å². The van der Waals surface area contributed by atoms with Crippen LogP contribution in [0.5, 0.6) is 5.75 Å². The molecule has 1 aliphatic heterocycles. The topological polar surface area (TPSA) is 55.4 Å². The Kier molecular flexibility index (Phi) is 10.3. The fourth-order valence-electron chi connectivity index (χ4n) is 2.04. The van der Waals surface area contributed by atoms with Gasteiger partial charge >= 0.3 is 0 Å². The zero-order valence-electron chi connectivity index (χ0n) is 13.8. The van der Waals surface area contributed by atoms with Crippen molar-refractivity contribution in [3.8, 4) is 5.75 Å². The van der Waals surface area contributed by atoms with Gasteiger partial charge in [0.05, 0.1) is 70.5 Å². The first-order chi connectivity index (χ1) is 11.9. The number of ether oxygens (including phenoxy) is 6. The van der Waals surface area contributed by atoms with E-state index >= 15 is 0 Å². The minimum atomic E-state index is -0.195. The molecule has 0 spiro atoms. The molecule has 1 aromatic carbocycles. The van der Waals surface area contributed by atoms with Crippen molar-refractivity contribution in [3.63, 3.8) is 0 Å². The first-order valence-electron chi connectivity index (χ1n) is 8.16. The van der Waals surface area contributed by atoms with Gasteiger partial charge in [0.15, 0.2) is 0 Å². The molecule has 0 aliphatic carbocycles. The lowest BCUT2D eigenvalue weighted by atomic mass is 10.3. The van der Waals surface area contributed by atoms with E-state index in [0.717, 1.165) is 10.2 Å². The predicted molar refractivity (Wildman–Crippen MR) is 92.7 cm³/mol. The van der Waals surface area contributed by atoms with E-state index in [0.29, 0.717) is 66.1 Å². The van der Waals surface area contributed by atoms with Crippen LogP contribution in [-0.2, 0) is 23.7 Å². The average molecular weight is 405 g/mol. The summed E-state index contributed by atoms with van der Waals surface area (Å²) < 4.78 is 34.4. The number of halogens is 1. The second kappa shape index (κ2) is 12.6. The summed E-state index contributed by atoms with van der Waals surface area (Å²) in [7, 11) is 0. The molecule has 7 heteroatoms. The minimum Gasteiger partial charge on any atom is -0.484 e. The molecular weight excluding hydrogens is 380 g/mol. The zero-order valence-corrected chi connectivity index (χ0v) is 15.4. The zero-order chi connectivity index (χ0) is 16.9. The third kappa shape index (κ3) is 8.41. The monoisotopic (exact) mass is 404 g/mol. The van der Waals surface area contributed by atoms with Crippen LogP contribution in [0.3, 0.4) is 0 Å². The molecule has 0 saturated carbocycles. The quantitative estimate of drug-likeness (QED) is 0.753. The van der Waals surface area contributed by atoms with Gasteiger partial charge in [-0.25, -0.2) is 0 Å². The Morgan fingerprint density at radius 1 is 0.708 bits per heavy atom. The standard InChI is InChI=1S/C17H25BrO6/c18-16-3-1-2-4-17(16)24-15-13-22-11-9-20-7-5-19-6-8-21-10-12-23-14-15/h1-4,15H,5-14H2. The van der Waals surface area contributed by atoms with Crippen LogP contribution in [0.4, 0.5) is 0 Å². The molecule has 0 amide bonds. The van der Waals surface area contributed by atoms with Gasteiger partial charge in [-0.15, -0.1) is 0 Å². The van der Waals surface area contributed by atoms with Crippen molar-refractivity contribution in [2.45, 2.75) is 6.10 Å². The molecule has 0 bridgehead atoms. The van der Waals surface area contributed by atoms with E-state index in [4.69, 9.17) is 28.4 Å². The highest BCUT2D eigenvalue weighted by atomic mass is 79.9. The Bertz CT molecular complexity index is 429. The molecule has 1 saturated heterocycles. The van der Waals surface area contributed by atoms with Gasteiger partial charge in [-0.1, -0.05) is 12.1 Å². The lowest BCUT2D eigenvalue weighted by Gasteiger charge is -2.20. The molecule has 24 heavy (non-hydrogen) atoms. The Labute approximate surface area is 151 Å². The number of hydrogen-bond donors (Lipinski definition) is 0. The summed E-state index contributed by atoms with van der Waals surface area (Å²) in [4.78, 5) is 0. The summed E-state index contributed by atoms with van der Waals surface area (Å²) in [6, 6.07) is 7.73. The molecule has 1 fully saturated rings. The van der Waals surface area contributed by atoms with E-state index in [1.807, 2.05) is 24.3 Å². The molecule has 2 rings (SSSR count). The highest BCUT2D eigenvalue weighted by Gasteiger charge is 2.13. The Morgan fingerprint density at radius 3 is 1.67 bits per heavy atom. The maximum Gasteiger partial charge on any atom is 0.145 e. The van der Waals surface area contributed by atoms with Crippen molar-refractivity contribution in [1.82, 2.24) is 0 Å². The van der Waals surface area contributed by atoms with Gasteiger partial charge in [0.1, 0.15) is 11.9 Å². The molecule has 0 N–H and O–H groups in total. The fourth-order valence-corrected chi connectivity index (χ4v) is 2.42. The molecule has 0 atom stereocenters. The first-order valence-corrected chi connectivity index (χ1v) is 8.95. The number of benzene rings is 1. The van der Waals surface area contributed by atoms with Crippen LogP contribution in [0, 0.1) is 0 Å². The van der Waals surface area contributed by atoms with Crippen molar-refractivity contribution in [1.29, 1.82) is 0 Å². The molecule has 6 nitrogen and oxygen atoms in total. The van der Waals surface area contributed by atoms with Gasteiger partial charge in [0.25, 0.3) is 0 Å². The maximum atomic E-state index is 5.99. The summed E-state index contributed by atoms with van der Waals surface area (Å²) in [6.45, 7) is 5.20. The van der Waals surface area contributed by atoms with Gasteiger partial charge in [-0.3, -0.25) is 0 Å². The number of rotatable bonds is 2. The van der Waals surface area contributed by atoms with E-state index in [1.165, 1.54) is 0 Å². The molecule has 1 heterocycles. The first kappa shape index (κ1) is 19.6. The summed E-state index contributed by atoms with van der Waals surface area (Å²) in [5.74, 6) is 0.772. The van der Waals surface area contributed by atoms with E-state index in [-0.39, 0.29) is 6.10 Å². The van der Waals surface area contributed by atoms with E-state index in [9.17, 15) is 0 Å². The van der Waals surface area contributed by atoms with Crippen LogP contribution >= 0.6 is 15.9 Å². The maximum absolute atomic E-state index is 5.99. The van der Waals surface area contributed by atoms with Crippen LogP contribution < -0.4 is 4.74 Å².